The van der Waals surface area contributed by atoms with E-state index in [9.17, 15) is 9.59 Å². The first-order chi connectivity index (χ1) is 20.6. The fourth-order valence-corrected chi connectivity index (χ4v) is 5.70. The van der Waals surface area contributed by atoms with Crippen molar-refractivity contribution in [3.8, 4) is 11.3 Å². The van der Waals surface area contributed by atoms with Crippen LogP contribution in [-0.2, 0) is 9.59 Å². The van der Waals surface area contributed by atoms with E-state index in [-0.39, 0.29) is 17.9 Å². The molecule has 0 radical (unpaired) electrons. The molecular formula is C31H39N9O2. The summed E-state index contributed by atoms with van der Waals surface area (Å²) >= 11 is 0. The number of carbonyl (C=O) groups excluding carboxylic acids is 2. The topological polar surface area (TPSA) is 118 Å². The normalized spacial score (nSPS) is 19.5. The summed E-state index contributed by atoms with van der Waals surface area (Å²) in [6.45, 7) is 8.35. The molecule has 1 aromatic heterocycles. The van der Waals surface area contributed by atoms with E-state index in [0.29, 0.717) is 12.5 Å². The molecule has 1 atom stereocenters. The zero-order valence-corrected chi connectivity index (χ0v) is 23.9. The molecule has 2 aromatic carbocycles. The van der Waals surface area contributed by atoms with E-state index in [1.54, 1.807) is 6.20 Å². The van der Waals surface area contributed by atoms with Crippen LogP contribution in [0.5, 0.6) is 0 Å². The highest BCUT2D eigenvalue weighted by atomic mass is 16.2. The predicted molar refractivity (Wildman–Crippen MR) is 165 cm³/mol. The van der Waals surface area contributed by atoms with Crippen LogP contribution in [0.3, 0.4) is 0 Å². The van der Waals surface area contributed by atoms with Gasteiger partial charge >= 0.3 is 0 Å². The van der Waals surface area contributed by atoms with Gasteiger partial charge in [0.2, 0.25) is 17.8 Å². The van der Waals surface area contributed by atoms with Gasteiger partial charge in [-0.1, -0.05) is 12.1 Å². The van der Waals surface area contributed by atoms with Gasteiger partial charge in [0.15, 0.2) is 0 Å². The van der Waals surface area contributed by atoms with Gasteiger partial charge < -0.3 is 31.1 Å². The average Bonchev–Trinajstić information content (AvgIpc) is 3.58. The SMILES string of the molecule is O=C(Nc1ccc(-c2ccnc(Nc3ccc(N4CCN(C(=O)CN5CCNCC5)CC4)cc3)n2)cc1)[C@@H]1CCCN1. The number of nitrogens with one attached hydrogen (secondary N) is 4. The lowest BCUT2D eigenvalue weighted by molar-refractivity contribution is -0.132. The van der Waals surface area contributed by atoms with Crippen molar-refractivity contribution < 1.29 is 9.59 Å². The van der Waals surface area contributed by atoms with Gasteiger partial charge in [-0.2, -0.15) is 0 Å². The van der Waals surface area contributed by atoms with Crippen LogP contribution >= 0.6 is 0 Å². The maximum atomic E-state index is 12.7. The predicted octanol–water partition coefficient (Wildman–Crippen LogP) is 2.13. The van der Waals surface area contributed by atoms with Crippen molar-refractivity contribution in [2.75, 3.05) is 81.0 Å². The number of piperazine rings is 2. The zero-order chi connectivity index (χ0) is 28.7. The van der Waals surface area contributed by atoms with Crippen molar-refractivity contribution in [1.29, 1.82) is 0 Å². The Bertz CT molecular complexity index is 1350. The summed E-state index contributed by atoms with van der Waals surface area (Å²) in [5, 5.41) is 12.8. The van der Waals surface area contributed by atoms with Crippen LogP contribution in [0.4, 0.5) is 23.0 Å². The number of benzene rings is 2. The van der Waals surface area contributed by atoms with Gasteiger partial charge in [0, 0.05) is 81.2 Å². The van der Waals surface area contributed by atoms with Crippen molar-refractivity contribution >= 4 is 34.8 Å². The van der Waals surface area contributed by atoms with Crippen molar-refractivity contribution in [2.45, 2.75) is 18.9 Å². The molecule has 3 aliphatic rings. The molecule has 3 aromatic rings. The Labute approximate surface area is 246 Å². The summed E-state index contributed by atoms with van der Waals surface area (Å²) < 4.78 is 0. The summed E-state index contributed by atoms with van der Waals surface area (Å²) in [4.78, 5) is 40.8. The second kappa shape index (κ2) is 13.3. The lowest BCUT2D eigenvalue weighted by Gasteiger charge is -2.37. The van der Waals surface area contributed by atoms with Crippen LogP contribution in [0.2, 0.25) is 0 Å². The highest BCUT2D eigenvalue weighted by molar-refractivity contribution is 5.95. The molecule has 6 rings (SSSR count). The molecular weight excluding hydrogens is 530 g/mol. The van der Waals surface area contributed by atoms with Crippen molar-refractivity contribution in [1.82, 2.24) is 30.4 Å². The standard InChI is InChI=1S/C31H39N9O2/c41-29(22-38-16-14-32-15-17-38)40-20-18-39(19-21-40)26-9-7-25(8-10-26)36-31-34-13-11-27(37-31)23-3-5-24(6-4-23)35-30(42)28-2-1-12-33-28/h3-11,13,28,32-33H,1-2,12,14-22H2,(H,35,42)(H,34,36,37)/t28-/m0/s1. The van der Waals surface area contributed by atoms with Crippen LogP contribution in [0, 0.1) is 0 Å². The van der Waals surface area contributed by atoms with Gasteiger partial charge in [0.1, 0.15) is 0 Å². The lowest BCUT2D eigenvalue weighted by Crippen LogP contribution is -2.53. The molecule has 0 spiro atoms. The van der Waals surface area contributed by atoms with E-state index < -0.39 is 0 Å². The summed E-state index contributed by atoms with van der Waals surface area (Å²) in [5.41, 5.74) is 4.55. The zero-order valence-electron chi connectivity index (χ0n) is 23.9. The number of rotatable bonds is 8. The first kappa shape index (κ1) is 28.1. The summed E-state index contributed by atoms with van der Waals surface area (Å²) in [6, 6.07) is 17.7. The van der Waals surface area contributed by atoms with Crippen LogP contribution in [0.15, 0.2) is 60.8 Å². The molecule has 3 aliphatic heterocycles. The van der Waals surface area contributed by atoms with E-state index in [4.69, 9.17) is 4.98 Å². The first-order valence-electron chi connectivity index (χ1n) is 14.9. The Morgan fingerprint density at radius 1 is 0.857 bits per heavy atom. The van der Waals surface area contributed by atoms with E-state index >= 15 is 0 Å². The molecule has 2 amide bonds. The maximum absolute atomic E-state index is 12.7. The average molecular weight is 570 g/mol. The molecule has 0 aliphatic carbocycles. The quantitative estimate of drug-likeness (QED) is 0.324. The van der Waals surface area contributed by atoms with Crippen LogP contribution < -0.4 is 26.2 Å². The third-order valence-electron chi connectivity index (χ3n) is 8.17. The van der Waals surface area contributed by atoms with Crippen molar-refractivity contribution in [3.05, 3.63) is 60.8 Å². The molecule has 11 nitrogen and oxygen atoms in total. The lowest BCUT2D eigenvalue weighted by atomic mass is 10.1. The minimum Gasteiger partial charge on any atom is -0.368 e. The number of hydrogen-bond donors (Lipinski definition) is 4. The minimum atomic E-state index is -0.109. The molecule has 0 saturated carbocycles. The highest BCUT2D eigenvalue weighted by Gasteiger charge is 2.24. The Morgan fingerprint density at radius 3 is 2.31 bits per heavy atom. The van der Waals surface area contributed by atoms with Crippen LogP contribution in [0.1, 0.15) is 12.8 Å². The molecule has 4 N–H and O–H groups in total. The second-order valence-corrected chi connectivity index (χ2v) is 11.0. The molecule has 11 heteroatoms. The molecule has 42 heavy (non-hydrogen) atoms. The fraction of sp³-hybridized carbons (Fsp3) is 0.419. The number of aromatic nitrogens is 2. The summed E-state index contributed by atoms with van der Waals surface area (Å²) in [6.07, 6.45) is 3.65. The molecule has 3 saturated heterocycles. The number of nitrogens with zero attached hydrogens (tertiary/aromatic N) is 5. The van der Waals surface area contributed by atoms with E-state index in [1.165, 1.54) is 0 Å². The monoisotopic (exact) mass is 569 g/mol. The first-order valence-corrected chi connectivity index (χ1v) is 14.9. The van der Waals surface area contributed by atoms with Gasteiger partial charge in [0.25, 0.3) is 0 Å². The third-order valence-corrected chi connectivity index (χ3v) is 8.17. The van der Waals surface area contributed by atoms with Crippen molar-refractivity contribution in [3.63, 3.8) is 0 Å². The van der Waals surface area contributed by atoms with E-state index in [1.807, 2.05) is 47.4 Å². The number of amides is 2. The number of hydrogen-bond acceptors (Lipinski definition) is 9. The Kier molecular flexibility index (Phi) is 8.88. The highest BCUT2D eigenvalue weighted by Crippen LogP contribution is 2.24. The van der Waals surface area contributed by atoms with Gasteiger partial charge in [-0.05, 0) is 61.9 Å². The van der Waals surface area contributed by atoms with E-state index in [0.717, 1.165) is 100 Å². The molecule has 3 fully saturated rings. The summed E-state index contributed by atoms with van der Waals surface area (Å²) in [5.74, 6) is 0.762. The minimum absolute atomic E-state index is 0.0125. The second-order valence-electron chi connectivity index (χ2n) is 11.0. The number of carbonyl (C=O) groups is 2. The van der Waals surface area contributed by atoms with Gasteiger partial charge in [-0.25, -0.2) is 9.97 Å². The Balaban J connectivity index is 1.00. The summed E-state index contributed by atoms with van der Waals surface area (Å²) in [7, 11) is 0. The maximum Gasteiger partial charge on any atom is 0.241 e. The fourth-order valence-electron chi connectivity index (χ4n) is 5.70. The van der Waals surface area contributed by atoms with Gasteiger partial charge in [0.05, 0.1) is 18.3 Å². The molecule has 0 bridgehead atoms. The van der Waals surface area contributed by atoms with E-state index in [2.05, 4.69) is 48.2 Å². The number of anilines is 4. The molecule has 4 heterocycles. The Morgan fingerprint density at radius 2 is 1.60 bits per heavy atom. The van der Waals surface area contributed by atoms with Crippen LogP contribution in [0.25, 0.3) is 11.3 Å². The Hall–Kier alpha value is -4.06. The smallest absolute Gasteiger partial charge is 0.241 e. The molecule has 0 unspecified atom stereocenters. The van der Waals surface area contributed by atoms with Gasteiger partial charge in [-0.3, -0.25) is 14.5 Å². The van der Waals surface area contributed by atoms with Gasteiger partial charge in [-0.15, -0.1) is 0 Å². The third kappa shape index (κ3) is 7.04. The largest absolute Gasteiger partial charge is 0.368 e. The molecule has 220 valence electrons. The van der Waals surface area contributed by atoms with Crippen LogP contribution in [-0.4, -0.2) is 103 Å². The van der Waals surface area contributed by atoms with Crippen molar-refractivity contribution in [2.24, 2.45) is 0 Å².